The van der Waals surface area contributed by atoms with Gasteiger partial charge in [0, 0.05) is 0 Å². The minimum Gasteiger partial charge on any atom is -0.192 e. The third kappa shape index (κ3) is 1.82. The van der Waals surface area contributed by atoms with Gasteiger partial charge < -0.3 is 0 Å². The van der Waals surface area contributed by atoms with Crippen LogP contribution in [0.2, 0.25) is 0 Å². The summed E-state index contributed by atoms with van der Waals surface area (Å²) >= 11 is 0. The molecule has 1 saturated carbocycles. The van der Waals surface area contributed by atoms with Gasteiger partial charge in [-0.1, -0.05) is 6.42 Å². The molecule has 0 saturated heterocycles. The molecule has 1 fully saturated rings. The highest BCUT2D eigenvalue weighted by Gasteiger charge is 2.09. The Kier molecular flexibility index (Phi) is 2.69. The molecule has 1 aliphatic carbocycles. The average Bonchev–Trinajstić information content (AvgIpc) is 2.09. The first-order chi connectivity index (χ1) is 5.38. The van der Waals surface area contributed by atoms with Gasteiger partial charge in [-0.3, -0.25) is 0 Å². The Balaban J connectivity index is 2.77. The van der Waals surface area contributed by atoms with Gasteiger partial charge in [-0.2, -0.15) is 10.5 Å². The first kappa shape index (κ1) is 7.82. The zero-order chi connectivity index (χ0) is 8.10. The summed E-state index contributed by atoms with van der Waals surface area (Å²) in [7, 11) is 0. The highest BCUT2D eigenvalue weighted by Crippen LogP contribution is 2.24. The van der Waals surface area contributed by atoms with Crippen molar-refractivity contribution >= 4 is 0 Å². The highest BCUT2D eigenvalue weighted by molar-refractivity contribution is 5.40. The molecular formula is C9H10N2. The lowest BCUT2D eigenvalue weighted by Gasteiger charge is -2.12. The Morgan fingerprint density at radius 2 is 1.55 bits per heavy atom. The smallest absolute Gasteiger partial charge is 0.128 e. The van der Waals surface area contributed by atoms with E-state index in [9.17, 15) is 0 Å². The molecule has 0 aromatic rings. The molecule has 11 heavy (non-hydrogen) atoms. The standard InChI is InChI=1S/C9H10N2/c10-6-9(7-11)8-4-2-1-3-5-8/h1-5H2. The van der Waals surface area contributed by atoms with Crippen LogP contribution in [0.3, 0.4) is 0 Å². The molecule has 2 nitrogen and oxygen atoms in total. The number of allylic oxidation sites excluding steroid dienone is 2. The maximum atomic E-state index is 8.55. The van der Waals surface area contributed by atoms with Crippen LogP contribution in [0, 0.1) is 22.7 Å². The van der Waals surface area contributed by atoms with Crippen LogP contribution in [0.4, 0.5) is 0 Å². The zero-order valence-electron chi connectivity index (χ0n) is 6.43. The molecule has 56 valence electrons. The van der Waals surface area contributed by atoms with E-state index in [0.717, 1.165) is 31.3 Å². The summed E-state index contributed by atoms with van der Waals surface area (Å²) in [5.41, 5.74) is 1.42. The third-order valence-corrected chi connectivity index (χ3v) is 2.03. The van der Waals surface area contributed by atoms with Gasteiger partial charge in [0.1, 0.15) is 17.7 Å². The van der Waals surface area contributed by atoms with E-state index >= 15 is 0 Å². The normalized spacial score (nSPS) is 16.7. The number of nitrogens with zero attached hydrogens (tertiary/aromatic N) is 2. The van der Waals surface area contributed by atoms with Crippen LogP contribution in [0.1, 0.15) is 32.1 Å². The van der Waals surface area contributed by atoms with Crippen molar-refractivity contribution in [1.29, 1.82) is 10.5 Å². The van der Waals surface area contributed by atoms with Crippen molar-refractivity contribution in [2.45, 2.75) is 32.1 Å². The highest BCUT2D eigenvalue weighted by atomic mass is 14.3. The molecule has 1 aliphatic rings. The SMILES string of the molecule is N#CC(C#N)=C1CCCCC1. The minimum absolute atomic E-state index is 0.352. The number of hydrogen-bond donors (Lipinski definition) is 0. The van der Waals surface area contributed by atoms with Crippen LogP contribution in [0.25, 0.3) is 0 Å². The Bertz CT molecular complexity index is 226. The summed E-state index contributed by atoms with van der Waals surface area (Å²) in [5, 5.41) is 17.1. The summed E-state index contributed by atoms with van der Waals surface area (Å²) in [5.74, 6) is 0. The Labute approximate surface area is 66.7 Å². The summed E-state index contributed by atoms with van der Waals surface area (Å²) in [6, 6.07) is 3.88. The largest absolute Gasteiger partial charge is 0.192 e. The van der Waals surface area contributed by atoms with E-state index in [0.29, 0.717) is 5.57 Å². The summed E-state index contributed by atoms with van der Waals surface area (Å²) in [6.07, 6.45) is 5.44. The second kappa shape index (κ2) is 3.78. The fourth-order valence-electron chi connectivity index (χ4n) is 1.41. The molecule has 0 atom stereocenters. The molecule has 0 N–H and O–H groups in total. The van der Waals surface area contributed by atoms with Gasteiger partial charge in [-0.15, -0.1) is 0 Å². The van der Waals surface area contributed by atoms with Gasteiger partial charge >= 0.3 is 0 Å². The predicted octanol–water partition coefficient (Wildman–Crippen LogP) is 2.29. The second-order valence-electron chi connectivity index (χ2n) is 2.76. The van der Waals surface area contributed by atoms with Crippen molar-refractivity contribution in [3.63, 3.8) is 0 Å². The molecular weight excluding hydrogens is 136 g/mol. The zero-order valence-corrected chi connectivity index (χ0v) is 6.43. The van der Waals surface area contributed by atoms with Crippen molar-refractivity contribution in [1.82, 2.24) is 0 Å². The molecule has 2 heteroatoms. The van der Waals surface area contributed by atoms with E-state index in [1.165, 1.54) is 6.42 Å². The van der Waals surface area contributed by atoms with Gasteiger partial charge in [0.2, 0.25) is 0 Å². The van der Waals surface area contributed by atoms with Gasteiger partial charge in [-0.05, 0) is 31.3 Å². The van der Waals surface area contributed by atoms with Gasteiger partial charge in [0.25, 0.3) is 0 Å². The van der Waals surface area contributed by atoms with Crippen LogP contribution in [0.15, 0.2) is 11.1 Å². The second-order valence-corrected chi connectivity index (χ2v) is 2.76. The predicted molar refractivity (Wildman–Crippen MR) is 41.3 cm³/mol. The molecule has 0 unspecified atom stereocenters. The van der Waals surface area contributed by atoms with Crippen molar-refractivity contribution in [3.05, 3.63) is 11.1 Å². The van der Waals surface area contributed by atoms with Gasteiger partial charge in [0.05, 0.1) is 0 Å². The maximum Gasteiger partial charge on any atom is 0.128 e. The summed E-state index contributed by atoms with van der Waals surface area (Å²) < 4.78 is 0. The van der Waals surface area contributed by atoms with E-state index in [2.05, 4.69) is 0 Å². The first-order valence-electron chi connectivity index (χ1n) is 3.90. The number of hydrogen-bond acceptors (Lipinski definition) is 2. The van der Waals surface area contributed by atoms with E-state index < -0.39 is 0 Å². The molecule has 0 amide bonds. The molecule has 0 aromatic heterocycles. The van der Waals surface area contributed by atoms with Crippen molar-refractivity contribution in [2.75, 3.05) is 0 Å². The lowest BCUT2D eigenvalue weighted by molar-refractivity contribution is 0.597. The molecule has 0 radical (unpaired) electrons. The average molecular weight is 146 g/mol. The van der Waals surface area contributed by atoms with E-state index in [-0.39, 0.29) is 0 Å². The lowest BCUT2D eigenvalue weighted by atomic mass is 9.92. The van der Waals surface area contributed by atoms with E-state index in [1.54, 1.807) is 0 Å². The van der Waals surface area contributed by atoms with Crippen molar-refractivity contribution in [2.24, 2.45) is 0 Å². The molecule has 0 aliphatic heterocycles. The van der Waals surface area contributed by atoms with Crippen LogP contribution < -0.4 is 0 Å². The lowest BCUT2D eigenvalue weighted by Crippen LogP contribution is -1.96. The number of nitriles is 2. The fourth-order valence-corrected chi connectivity index (χ4v) is 1.41. The van der Waals surface area contributed by atoms with Gasteiger partial charge in [0.15, 0.2) is 0 Å². The summed E-state index contributed by atoms with van der Waals surface area (Å²) in [6.45, 7) is 0. The van der Waals surface area contributed by atoms with Crippen LogP contribution >= 0.6 is 0 Å². The van der Waals surface area contributed by atoms with Crippen LogP contribution in [0.5, 0.6) is 0 Å². The quantitative estimate of drug-likeness (QED) is 0.492. The topological polar surface area (TPSA) is 47.6 Å². The van der Waals surface area contributed by atoms with Crippen LogP contribution in [-0.4, -0.2) is 0 Å². The molecule has 0 heterocycles. The molecule has 0 spiro atoms. The molecule has 0 aromatic carbocycles. The number of rotatable bonds is 0. The third-order valence-electron chi connectivity index (χ3n) is 2.03. The minimum atomic E-state index is 0.352. The van der Waals surface area contributed by atoms with Crippen molar-refractivity contribution < 1.29 is 0 Å². The van der Waals surface area contributed by atoms with Crippen LogP contribution in [-0.2, 0) is 0 Å². The Morgan fingerprint density at radius 3 is 2.00 bits per heavy atom. The van der Waals surface area contributed by atoms with Gasteiger partial charge in [-0.25, -0.2) is 0 Å². The first-order valence-corrected chi connectivity index (χ1v) is 3.90. The molecule has 0 bridgehead atoms. The monoisotopic (exact) mass is 146 g/mol. The van der Waals surface area contributed by atoms with E-state index in [1.807, 2.05) is 12.1 Å². The Morgan fingerprint density at radius 1 is 1.00 bits per heavy atom. The summed E-state index contributed by atoms with van der Waals surface area (Å²) in [4.78, 5) is 0. The Hall–Kier alpha value is -1.28. The van der Waals surface area contributed by atoms with Crippen molar-refractivity contribution in [3.8, 4) is 12.1 Å². The maximum absolute atomic E-state index is 8.55. The van der Waals surface area contributed by atoms with E-state index in [4.69, 9.17) is 10.5 Å². The fraction of sp³-hybridized carbons (Fsp3) is 0.556. The molecule has 1 rings (SSSR count).